The van der Waals surface area contributed by atoms with Crippen LogP contribution in [0, 0.1) is 40.9 Å². The smallest absolute Gasteiger partial charge is 0.226 e. The molecule has 104 valence electrons. The molecule has 3 rings (SSSR count). The highest BCUT2D eigenvalue weighted by Crippen LogP contribution is 2.69. The van der Waals surface area contributed by atoms with Gasteiger partial charge < -0.3 is 9.64 Å². The van der Waals surface area contributed by atoms with Gasteiger partial charge in [-0.3, -0.25) is 4.79 Å². The van der Waals surface area contributed by atoms with Gasteiger partial charge in [0.15, 0.2) is 0 Å². The fourth-order valence-corrected chi connectivity index (χ4v) is 4.58. The molecular weight excluding hydrogens is 240 g/mol. The molecule has 3 aliphatic carbocycles. The zero-order valence-electron chi connectivity index (χ0n) is 11.5. The van der Waals surface area contributed by atoms with Gasteiger partial charge in [-0.1, -0.05) is 0 Å². The van der Waals surface area contributed by atoms with Crippen molar-refractivity contribution in [1.29, 1.82) is 5.26 Å². The van der Waals surface area contributed by atoms with E-state index in [0.717, 1.165) is 11.8 Å². The quantitative estimate of drug-likeness (QED) is 0.731. The Kier molecular flexibility index (Phi) is 3.49. The number of fused-ring (bicyclic) bond motifs is 5. The minimum Gasteiger partial charge on any atom is -0.383 e. The summed E-state index contributed by atoms with van der Waals surface area (Å²) in [5.74, 6) is 3.57. The van der Waals surface area contributed by atoms with Gasteiger partial charge in [-0.2, -0.15) is 5.26 Å². The van der Waals surface area contributed by atoms with E-state index in [2.05, 4.69) is 6.07 Å². The molecule has 3 aliphatic rings. The van der Waals surface area contributed by atoms with Crippen molar-refractivity contribution in [3.63, 3.8) is 0 Å². The van der Waals surface area contributed by atoms with E-state index >= 15 is 0 Å². The highest BCUT2D eigenvalue weighted by atomic mass is 16.5. The molecule has 0 aliphatic heterocycles. The van der Waals surface area contributed by atoms with E-state index < -0.39 is 0 Å². The Labute approximate surface area is 114 Å². The van der Waals surface area contributed by atoms with Crippen LogP contribution in [0.1, 0.15) is 25.7 Å². The molecule has 0 radical (unpaired) electrons. The largest absolute Gasteiger partial charge is 0.383 e. The normalized spacial score (nSPS) is 37.8. The molecule has 0 aromatic heterocycles. The maximum Gasteiger partial charge on any atom is 0.226 e. The summed E-state index contributed by atoms with van der Waals surface area (Å²) in [5.41, 5.74) is 0. The minimum absolute atomic E-state index is 0.279. The molecule has 2 bridgehead atoms. The summed E-state index contributed by atoms with van der Waals surface area (Å²) in [7, 11) is 1.65. The van der Waals surface area contributed by atoms with Gasteiger partial charge in [0.25, 0.3) is 0 Å². The van der Waals surface area contributed by atoms with Crippen LogP contribution in [0.3, 0.4) is 0 Å². The predicted octanol–water partition coefficient (Wildman–Crippen LogP) is 1.67. The second-order valence-corrected chi connectivity index (χ2v) is 6.24. The third kappa shape index (κ3) is 2.14. The molecule has 0 aromatic carbocycles. The molecule has 3 saturated carbocycles. The van der Waals surface area contributed by atoms with Crippen molar-refractivity contribution in [2.75, 3.05) is 26.8 Å². The zero-order valence-corrected chi connectivity index (χ0v) is 11.5. The SMILES string of the molecule is COCCN(CCC#N)C(=O)C1C2C3CCC(C3)C12. The number of amides is 1. The van der Waals surface area contributed by atoms with Crippen molar-refractivity contribution in [2.24, 2.45) is 29.6 Å². The minimum atomic E-state index is 0.279. The Morgan fingerprint density at radius 1 is 1.32 bits per heavy atom. The van der Waals surface area contributed by atoms with Crippen molar-refractivity contribution in [1.82, 2.24) is 4.90 Å². The van der Waals surface area contributed by atoms with E-state index in [1.807, 2.05) is 4.90 Å². The summed E-state index contributed by atoms with van der Waals surface area (Å²) >= 11 is 0. The number of nitriles is 1. The lowest BCUT2D eigenvalue weighted by molar-refractivity contribution is -0.134. The molecule has 0 spiro atoms. The van der Waals surface area contributed by atoms with E-state index in [4.69, 9.17) is 10.00 Å². The third-order valence-electron chi connectivity index (χ3n) is 5.39. The van der Waals surface area contributed by atoms with Crippen molar-refractivity contribution < 1.29 is 9.53 Å². The molecule has 0 N–H and O–H groups in total. The van der Waals surface area contributed by atoms with E-state index in [-0.39, 0.29) is 5.92 Å². The van der Waals surface area contributed by atoms with E-state index in [9.17, 15) is 4.79 Å². The van der Waals surface area contributed by atoms with Gasteiger partial charge in [-0.15, -0.1) is 0 Å². The maximum absolute atomic E-state index is 12.6. The molecule has 3 fully saturated rings. The van der Waals surface area contributed by atoms with Crippen LogP contribution in [0.2, 0.25) is 0 Å². The average Bonchev–Trinajstić information content (AvgIpc) is 2.86. The molecule has 0 heterocycles. The lowest BCUT2D eigenvalue weighted by Gasteiger charge is -2.22. The molecular formula is C15H22N2O2. The second kappa shape index (κ2) is 5.13. The lowest BCUT2D eigenvalue weighted by atomic mass is 10.0. The van der Waals surface area contributed by atoms with Crippen molar-refractivity contribution in [3.05, 3.63) is 0 Å². The Balaban J connectivity index is 1.60. The van der Waals surface area contributed by atoms with Crippen LogP contribution in [0.15, 0.2) is 0 Å². The van der Waals surface area contributed by atoms with Gasteiger partial charge in [0.1, 0.15) is 0 Å². The summed E-state index contributed by atoms with van der Waals surface area (Å²) in [6.07, 6.45) is 4.47. The molecule has 4 atom stereocenters. The first kappa shape index (κ1) is 12.9. The van der Waals surface area contributed by atoms with Crippen LogP contribution in [0.5, 0.6) is 0 Å². The van der Waals surface area contributed by atoms with Gasteiger partial charge in [-0.25, -0.2) is 0 Å². The van der Waals surface area contributed by atoms with Gasteiger partial charge in [0.05, 0.1) is 19.1 Å². The first-order chi connectivity index (χ1) is 9.27. The number of methoxy groups -OCH3 is 1. The summed E-state index contributed by atoms with van der Waals surface area (Å²) in [6.45, 7) is 1.75. The Morgan fingerprint density at radius 3 is 2.58 bits per heavy atom. The number of hydrogen-bond acceptors (Lipinski definition) is 3. The van der Waals surface area contributed by atoms with Gasteiger partial charge in [-0.05, 0) is 42.9 Å². The lowest BCUT2D eigenvalue weighted by Crippen LogP contribution is -2.37. The van der Waals surface area contributed by atoms with Gasteiger partial charge in [0.2, 0.25) is 5.91 Å². The van der Waals surface area contributed by atoms with E-state index in [0.29, 0.717) is 43.9 Å². The predicted molar refractivity (Wildman–Crippen MR) is 70.0 cm³/mol. The van der Waals surface area contributed by atoms with Gasteiger partial charge in [0, 0.05) is 26.1 Å². The highest BCUT2D eigenvalue weighted by Gasteiger charge is 2.67. The molecule has 19 heavy (non-hydrogen) atoms. The van der Waals surface area contributed by atoms with Crippen molar-refractivity contribution in [3.8, 4) is 6.07 Å². The maximum atomic E-state index is 12.6. The van der Waals surface area contributed by atoms with Gasteiger partial charge >= 0.3 is 0 Å². The van der Waals surface area contributed by atoms with Crippen LogP contribution < -0.4 is 0 Å². The number of rotatable bonds is 6. The molecule has 4 unspecified atom stereocenters. The van der Waals surface area contributed by atoms with Crippen LogP contribution >= 0.6 is 0 Å². The van der Waals surface area contributed by atoms with Crippen LogP contribution in [-0.2, 0) is 9.53 Å². The second-order valence-electron chi connectivity index (χ2n) is 6.24. The summed E-state index contributed by atoms with van der Waals surface area (Å²) in [4.78, 5) is 14.5. The number of hydrogen-bond donors (Lipinski definition) is 0. The zero-order chi connectivity index (χ0) is 13.4. The third-order valence-corrected chi connectivity index (χ3v) is 5.39. The first-order valence-electron chi connectivity index (χ1n) is 7.42. The first-order valence-corrected chi connectivity index (χ1v) is 7.42. The fourth-order valence-electron chi connectivity index (χ4n) is 4.58. The van der Waals surface area contributed by atoms with Crippen LogP contribution in [0.4, 0.5) is 0 Å². The topological polar surface area (TPSA) is 53.3 Å². The number of carbonyl (C=O) groups is 1. The van der Waals surface area contributed by atoms with Crippen LogP contribution in [-0.4, -0.2) is 37.6 Å². The van der Waals surface area contributed by atoms with E-state index in [1.165, 1.54) is 19.3 Å². The highest BCUT2D eigenvalue weighted by molar-refractivity contribution is 5.83. The van der Waals surface area contributed by atoms with Crippen molar-refractivity contribution >= 4 is 5.91 Å². The Morgan fingerprint density at radius 2 is 2.00 bits per heavy atom. The number of ether oxygens (including phenoxy) is 1. The Bertz CT molecular complexity index is 387. The summed E-state index contributed by atoms with van der Waals surface area (Å²) in [6, 6.07) is 2.13. The Hall–Kier alpha value is -1.08. The van der Waals surface area contributed by atoms with Crippen molar-refractivity contribution in [2.45, 2.75) is 25.7 Å². The average molecular weight is 262 g/mol. The van der Waals surface area contributed by atoms with Crippen LogP contribution in [0.25, 0.3) is 0 Å². The molecule has 1 amide bonds. The number of carbonyl (C=O) groups excluding carboxylic acids is 1. The monoisotopic (exact) mass is 262 g/mol. The van der Waals surface area contributed by atoms with E-state index in [1.54, 1.807) is 7.11 Å². The fraction of sp³-hybridized carbons (Fsp3) is 0.867. The molecule has 4 heteroatoms. The number of nitrogens with zero attached hydrogens (tertiary/aromatic N) is 2. The molecule has 0 aromatic rings. The standard InChI is InChI=1S/C15H22N2O2/c1-19-8-7-17(6-2-5-16)15(18)14-12-10-3-4-11(9-10)13(12)14/h10-14H,2-4,6-9H2,1H3. The summed E-state index contributed by atoms with van der Waals surface area (Å²) in [5, 5.41) is 8.71. The summed E-state index contributed by atoms with van der Waals surface area (Å²) < 4.78 is 5.07. The molecule has 0 saturated heterocycles. The molecule has 4 nitrogen and oxygen atoms in total.